The van der Waals surface area contributed by atoms with E-state index in [2.05, 4.69) is 20.5 Å². The zero-order chi connectivity index (χ0) is 13.0. The summed E-state index contributed by atoms with van der Waals surface area (Å²) in [5.74, 6) is 1.26. The van der Waals surface area contributed by atoms with Crippen molar-refractivity contribution in [3.63, 3.8) is 0 Å². The van der Waals surface area contributed by atoms with E-state index in [1.165, 1.54) is 6.20 Å². The summed E-state index contributed by atoms with van der Waals surface area (Å²) in [5, 5.41) is 20.0. The highest BCUT2D eigenvalue weighted by Crippen LogP contribution is 2.22. The minimum atomic E-state index is 0.322. The highest BCUT2D eigenvalue weighted by molar-refractivity contribution is 6.34. The first-order valence-corrected chi connectivity index (χ1v) is 5.79. The zero-order valence-corrected chi connectivity index (χ0v) is 10.5. The number of nitrogens with zero attached hydrogens (tertiary/aromatic N) is 5. The van der Waals surface area contributed by atoms with Crippen LogP contribution in [0.4, 0.5) is 5.82 Å². The Morgan fingerprint density at radius 2 is 2.39 bits per heavy atom. The van der Waals surface area contributed by atoms with Crippen molar-refractivity contribution >= 4 is 17.4 Å². The molecule has 0 fully saturated rings. The number of aromatic nitrogens is 4. The maximum atomic E-state index is 8.86. The summed E-state index contributed by atoms with van der Waals surface area (Å²) in [6, 6.07) is 3.58. The first-order chi connectivity index (χ1) is 8.76. The van der Waals surface area contributed by atoms with E-state index in [9.17, 15) is 0 Å². The first-order valence-electron chi connectivity index (χ1n) is 5.41. The van der Waals surface area contributed by atoms with E-state index in [4.69, 9.17) is 16.9 Å². The fraction of sp³-hybridized carbons (Fsp3) is 0.273. The normalized spacial score (nSPS) is 10.1. The van der Waals surface area contributed by atoms with Gasteiger partial charge in [0.15, 0.2) is 5.82 Å². The number of hydrogen-bond donors (Lipinski definition) is 1. The molecular weight excluding hydrogens is 252 g/mol. The van der Waals surface area contributed by atoms with Crippen LogP contribution in [0, 0.1) is 11.3 Å². The fourth-order valence-corrected chi connectivity index (χ4v) is 1.72. The van der Waals surface area contributed by atoms with Gasteiger partial charge in [-0.2, -0.15) is 5.26 Å². The van der Waals surface area contributed by atoms with Gasteiger partial charge in [0.1, 0.15) is 23.2 Å². The second kappa shape index (κ2) is 5.47. The summed E-state index contributed by atoms with van der Waals surface area (Å²) in [6.07, 6.45) is 3.20. The molecule has 0 aromatic carbocycles. The number of hydrogen-bond acceptors (Lipinski definition) is 5. The molecular formula is C11H11ClN6. The average molecular weight is 263 g/mol. The van der Waals surface area contributed by atoms with Gasteiger partial charge in [0, 0.05) is 12.7 Å². The Morgan fingerprint density at radius 1 is 1.56 bits per heavy atom. The van der Waals surface area contributed by atoms with Crippen molar-refractivity contribution in [2.75, 3.05) is 5.32 Å². The van der Waals surface area contributed by atoms with E-state index >= 15 is 0 Å². The molecule has 6 nitrogen and oxygen atoms in total. The third kappa shape index (κ3) is 2.41. The zero-order valence-electron chi connectivity index (χ0n) is 9.76. The standard InChI is InChI=1S/C11H11ClN6/c1-2-18-7-16-17-9(18)6-15-11-10(12)8(5-13)3-4-14-11/h3-4,7H,2,6H2,1H3,(H,14,15). The van der Waals surface area contributed by atoms with E-state index in [1.807, 2.05) is 17.6 Å². The first kappa shape index (κ1) is 12.3. The van der Waals surface area contributed by atoms with Crippen LogP contribution in [0.15, 0.2) is 18.6 Å². The highest BCUT2D eigenvalue weighted by Gasteiger charge is 2.08. The van der Waals surface area contributed by atoms with Gasteiger partial charge in [0.05, 0.1) is 12.1 Å². The van der Waals surface area contributed by atoms with Crippen molar-refractivity contribution in [2.45, 2.75) is 20.0 Å². The molecule has 18 heavy (non-hydrogen) atoms. The molecule has 0 aliphatic heterocycles. The van der Waals surface area contributed by atoms with E-state index in [-0.39, 0.29) is 0 Å². The maximum Gasteiger partial charge on any atom is 0.152 e. The van der Waals surface area contributed by atoms with Gasteiger partial charge in [-0.15, -0.1) is 10.2 Å². The Labute approximate surface area is 109 Å². The average Bonchev–Trinajstić information content (AvgIpc) is 2.85. The van der Waals surface area contributed by atoms with E-state index in [0.29, 0.717) is 22.9 Å². The van der Waals surface area contributed by atoms with Gasteiger partial charge in [-0.05, 0) is 13.0 Å². The van der Waals surface area contributed by atoms with Crippen molar-refractivity contribution < 1.29 is 0 Å². The van der Waals surface area contributed by atoms with Gasteiger partial charge in [-0.3, -0.25) is 0 Å². The second-order valence-corrected chi connectivity index (χ2v) is 3.90. The summed E-state index contributed by atoms with van der Waals surface area (Å²) in [7, 11) is 0. The molecule has 0 saturated heterocycles. The molecule has 2 heterocycles. The van der Waals surface area contributed by atoms with Crippen molar-refractivity contribution in [3.05, 3.63) is 35.0 Å². The van der Waals surface area contributed by atoms with Gasteiger partial charge in [-0.1, -0.05) is 11.6 Å². The third-order valence-electron chi connectivity index (χ3n) is 2.46. The Morgan fingerprint density at radius 3 is 3.11 bits per heavy atom. The van der Waals surface area contributed by atoms with Crippen LogP contribution in [0.1, 0.15) is 18.3 Å². The van der Waals surface area contributed by atoms with Crippen LogP contribution in [0.2, 0.25) is 5.02 Å². The van der Waals surface area contributed by atoms with Gasteiger partial charge < -0.3 is 9.88 Å². The molecule has 0 spiro atoms. The molecule has 2 rings (SSSR count). The van der Waals surface area contributed by atoms with Gasteiger partial charge in [0.2, 0.25) is 0 Å². The lowest BCUT2D eigenvalue weighted by Gasteiger charge is -2.08. The van der Waals surface area contributed by atoms with Crippen molar-refractivity contribution in [1.29, 1.82) is 5.26 Å². The van der Waals surface area contributed by atoms with E-state index in [0.717, 1.165) is 12.4 Å². The van der Waals surface area contributed by atoms with E-state index < -0.39 is 0 Å². The Hall–Kier alpha value is -2.13. The predicted molar refractivity (Wildman–Crippen MR) is 67.0 cm³/mol. The number of nitriles is 1. The molecule has 7 heteroatoms. The number of aryl methyl sites for hydroxylation is 1. The third-order valence-corrected chi connectivity index (χ3v) is 2.84. The Bertz CT molecular complexity index is 585. The topological polar surface area (TPSA) is 79.4 Å². The number of anilines is 1. The molecule has 0 saturated carbocycles. The summed E-state index contributed by atoms with van der Waals surface area (Å²) >= 11 is 6.03. The summed E-state index contributed by atoms with van der Waals surface area (Å²) < 4.78 is 1.91. The quantitative estimate of drug-likeness (QED) is 0.909. The van der Waals surface area contributed by atoms with Crippen LogP contribution in [0.5, 0.6) is 0 Å². The molecule has 2 aromatic heterocycles. The molecule has 2 aromatic rings. The number of pyridine rings is 1. The smallest absolute Gasteiger partial charge is 0.152 e. The summed E-state index contributed by atoms with van der Waals surface area (Å²) in [6.45, 7) is 3.26. The van der Waals surface area contributed by atoms with Gasteiger partial charge >= 0.3 is 0 Å². The largest absolute Gasteiger partial charge is 0.361 e. The fourth-order valence-electron chi connectivity index (χ4n) is 1.50. The van der Waals surface area contributed by atoms with Crippen LogP contribution in [-0.4, -0.2) is 19.7 Å². The molecule has 0 aliphatic carbocycles. The molecule has 92 valence electrons. The minimum Gasteiger partial charge on any atom is -0.361 e. The lowest BCUT2D eigenvalue weighted by Crippen LogP contribution is -2.09. The molecule has 0 radical (unpaired) electrons. The van der Waals surface area contributed by atoms with Crippen LogP contribution < -0.4 is 5.32 Å². The number of nitrogens with one attached hydrogen (secondary N) is 1. The Kier molecular flexibility index (Phi) is 3.75. The van der Waals surface area contributed by atoms with Crippen LogP contribution >= 0.6 is 11.6 Å². The van der Waals surface area contributed by atoms with Gasteiger partial charge in [-0.25, -0.2) is 4.98 Å². The van der Waals surface area contributed by atoms with Crippen molar-refractivity contribution in [1.82, 2.24) is 19.7 Å². The molecule has 0 atom stereocenters. The van der Waals surface area contributed by atoms with E-state index in [1.54, 1.807) is 12.4 Å². The van der Waals surface area contributed by atoms with Crippen molar-refractivity contribution in [2.24, 2.45) is 0 Å². The molecule has 0 amide bonds. The van der Waals surface area contributed by atoms with Crippen LogP contribution in [-0.2, 0) is 13.1 Å². The lowest BCUT2D eigenvalue weighted by molar-refractivity contribution is 0.707. The van der Waals surface area contributed by atoms with Crippen LogP contribution in [0.3, 0.4) is 0 Å². The molecule has 0 aliphatic rings. The van der Waals surface area contributed by atoms with Gasteiger partial charge in [0.25, 0.3) is 0 Å². The minimum absolute atomic E-state index is 0.322. The number of halogens is 1. The molecule has 0 bridgehead atoms. The monoisotopic (exact) mass is 262 g/mol. The Balaban J connectivity index is 2.14. The van der Waals surface area contributed by atoms with Crippen LogP contribution in [0.25, 0.3) is 0 Å². The highest BCUT2D eigenvalue weighted by atomic mass is 35.5. The lowest BCUT2D eigenvalue weighted by atomic mass is 10.3. The molecule has 0 unspecified atom stereocenters. The summed E-state index contributed by atoms with van der Waals surface area (Å²) in [4.78, 5) is 4.09. The SMILES string of the molecule is CCn1cnnc1CNc1nccc(C#N)c1Cl. The number of rotatable bonds is 4. The summed E-state index contributed by atoms with van der Waals surface area (Å²) in [5.41, 5.74) is 0.395. The maximum absolute atomic E-state index is 8.86. The predicted octanol–water partition coefficient (Wildman–Crippen LogP) is 1.83. The van der Waals surface area contributed by atoms with Crippen molar-refractivity contribution in [3.8, 4) is 6.07 Å². The molecule has 1 N–H and O–H groups in total. The second-order valence-electron chi connectivity index (χ2n) is 3.52.